The molecule has 0 unspecified atom stereocenters. The normalized spacial score (nSPS) is 22.9. The van der Waals surface area contributed by atoms with Crippen molar-refractivity contribution in [2.24, 2.45) is 11.3 Å². The number of H-pyrrole nitrogens is 1. The number of nitrogens with one attached hydrogen (secondary N) is 1. The summed E-state index contributed by atoms with van der Waals surface area (Å²) < 4.78 is 9.27. The van der Waals surface area contributed by atoms with Crippen LogP contribution in [0.2, 0.25) is 25.7 Å². The highest BCUT2D eigenvalue weighted by molar-refractivity contribution is 9.10. The lowest BCUT2D eigenvalue weighted by Crippen LogP contribution is -2.23. The van der Waals surface area contributed by atoms with Crippen molar-refractivity contribution in [2.45, 2.75) is 65.5 Å². The molecule has 3 aromatic rings. The van der Waals surface area contributed by atoms with E-state index in [1.807, 2.05) is 0 Å². The van der Waals surface area contributed by atoms with Crippen LogP contribution >= 0.6 is 15.9 Å². The van der Waals surface area contributed by atoms with Crippen molar-refractivity contribution in [1.82, 2.24) is 19.7 Å². The van der Waals surface area contributed by atoms with Crippen LogP contribution in [0.5, 0.6) is 0 Å². The summed E-state index contributed by atoms with van der Waals surface area (Å²) >= 11 is 3.60. The number of hydrogen-bond donors (Lipinski definition) is 1. The first-order chi connectivity index (χ1) is 14.1. The van der Waals surface area contributed by atoms with Gasteiger partial charge < -0.3 is 9.72 Å². The molecule has 2 aliphatic rings. The van der Waals surface area contributed by atoms with E-state index in [2.05, 4.69) is 71.2 Å². The summed E-state index contributed by atoms with van der Waals surface area (Å²) in [7, 11) is -1.09. The van der Waals surface area contributed by atoms with Gasteiger partial charge >= 0.3 is 0 Å². The van der Waals surface area contributed by atoms with Gasteiger partial charge in [0.15, 0.2) is 5.82 Å². The molecule has 2 aliphatic carbocycles. The van der Waals surface area contributed by atoms with E-state index in [0.717, 1.165) is 52.4 Å². The zero-order valence-electron chi connectivity index (χ0n) is 18.6. The maximum absolute atomic E-state index is 6.08. The molecule has 5 nitrogen and oxygen atoms in total. The average Bonchev–Trinajstić information content (AvgIpc) is 2.95. The number of nitrogens with zero attached hydrogens (tertiary/aromatic N) is 3. The number of halogens is 1. The number of ether oxygens (including phenoxy) is 1. The summed E-state index contributed by atoms with van der Waals surface area (Å²) in [6.45, 7) is 13.1. The molecule has 0 radical (unpaired) electrons. The van der Waals surface area contributed by atoms with Crippen LogP contribution in [-0.2, 0) is 24.3 Å². The molecule has 7 heteroatoms. The molecule has 0 aliphatic heterocycles. The molecular weight excluding hydrogens is 456 g/mol. The Labute approximate surface area is 187 Å². The van der Waals surface area contributed by atoms with E-state index >= 15 is 0 Å². The minimum Gasteiger partial charge on any atom is -0.360 e. The molecule has 2 heterocycles. The van der Waals surface area contributed by atoms with Gasteiger partial charge in [-0.2, -0.15) is 5.10 Å². The van der Waals surface area contributed by atoms with Crippen LogP contribution in [0.25, 0.3) is 22.6 Å². The van der Waals surface area contributed by atoms with Crippen molar-refractivity contribution in [2.75, 3.05) is 6.61 Å². The fraction of sp³-hybridized carbons (Fsp3) is 0.565. The third-order valence-electron chi connectivity index (χ3n) is 6.90. The summed E-state index contributed by atoms with van der Waals surface area (Å²) in [5.41, 5.74) is 7.44. The fourth-order valence-electron chi connectivity index (χ4n) is 4.80. The van der Waals surface area contributed by atoms with Gasteiger partial charge in [-0.1, -0.05) is 42.5 Å². The molecule has 0 bridgehead atoms. The maximum atomic E-state index is 6.08. The molecule has 1 saturated carbocycles. The van der Waals surface area contributed by atoms with E-state index < -0.39 is 8.07 Å². The van der Waals surface area contributed by atoms with E-state index in [4.69, 9.17) is 14.8 Å². The predicted molar refractivity (Wildman–Crippen MR) is 127 cm³/mol. The standard InChI is InChI=1S/C23H31BrN4OSi/c1-14-8-16(24)10-18-20(14)26-22(25-18)21-17-9-15-11-23(15,2)12-19(17)28(27-21)13-29-6-7-30(3,4)5/h8,10,15H,6-7,9,11-13H2,1-5H3,(H,25,26)/t15-,23-/m1/s1. The molecule has 1 aromatic carbocycles. The minimum absolute atomic E-state index is 0.454. The number of hydrogen-bond acceptors (Lipinski definition) is 3. The molecule has 2 aromatic heterocycles. The average molecular weight is 488 g/mol. The van der Waals surface area contributed by atoms with E-state index in [1.165, 1.54) is 29.3 Å². The Hall–Kier alpha value is -1.44. The Morgan fingerprint density at radius 1 is 1.33 bits per heavy atom. The lowest BCUT2D eigenvalue weighted by atomic mass is 9.87. The van der Waals surface area contributed by atoms with Gasteiger partial charge in [-0.15, -0.1) is 0 Å². The Morgan fingerprint density at radius 3 is 2.90 bits per heavy atom. The lowest BCUT2D eigenvalue weighted by molar-refractivity contribution is 0.0757. The number of rotatable bonds is 6. The van der Waals surface area contributed by atoms with Crippen LogP contribution in [0.3, 0.4) is 0 Å². The van der Waals surface area contributed by atoms with Crippen molar-refractivity contribution in [3.05, 3.63) is 33.4 Å². The second kappa shape index (κ2) is 7.04. The van der Waals surface area contributed by atoms with Crippen LogP contribution in [0.4, 0.5) is 0 Å². The summed E-state index contributed by atoms with van der Waals surface area (Å²) in [5, 5.41) is 5.03. The summed E-state index contributed by atoms with van der Waals surface area (Å²) in [6, 6.07) is 5.39. The van der Waals surface area contributed by atoms with Gasteiger partial charge in [0.05, 0.1) is 11.0 Å². The second-order valence-electron chi connectivity index (χ2n) is 10.8. The van der Waals surface area contributed by atoms with Crippen molar-refractivity contribution in [1.29, 1.82) is 0 Å². The second-order valence-corrected chi connectivity index (χ2v) is 17.3. The van der Waals surface area contributed by atoms with Crippen molar-refractivity contribution in [3.8, 4) is 11.5 Å². The highest BCUT2D eigenvalue weighted by atomic mass is 79.9. The quantitative estimate of drug-likeness (QED) is 0.346. The van der Waals surface area contributed by atoms with E-state index in [0.29, 0.717) is 12.1 Å². The highest BCUT2D eigenvalue weighted by Crippen LogP contribution is 2.60. The van der Waals surface area contributed by atoms with Gasteiger partial charge in [0.25, 0.3) is 0 Å². The first-order valence-corrected chi connectivity index (χ1v) is 15.5. The Bertz CT molecular complexity index is 1130. The number of imidazole rings is 1. The molecule has 1 N–H and O–H groups in total. The fourth-order valence-corrected chi connectivity index (χ4v) is 6.13. The number of benzene rings is 1. The topological polar surface area (TPSA) is 55.7 Å². The molecule has 160 valence electrons. The summed E-state index contributed by atoms with van der Waals surface area (Å²) in [6.07, 6.45) is 3.53. The van der Waals surface area contributed by atoms with Crippen LogP contribution in [0, 0.1) is 18.3 Å². The maximum Gasteiger partial charge on any atom is 0.159 e. The molecule has 30 heavy (non-hydrogen) atoms. The summed E-state index contributed by atoms with van der Waals surface area (Å²) in [4.78, 5) is 8.47. The Balaban J connectivity index is 1.49. The van der Waals surface area contributed by atoms with Crippen molar-refractivity contribution >= 4 is 35.0 Å². The molecule has 2 atom stereocenters. The largest absolute Gasteiger partial charge is 0.360 e. The first kappa shape index (κ1) is 20.5. The van der Waals surface area contributed by atoms with E-state index in [1.54, 1.807) is 0 Å². The van der Waals surface area contributed by atoms with Crippen LogP contribution in [0.1, 0.15) is 30.2 Å². The molecule has 0 amide bonds. The van der Waals surface area contributed by atoms with Gasteiger partial charge in [0.2, 0.25) is 0 Å². The summed E-state index contributed by atoms with van der Waals surface area (Å²) in [5.74, 6) is 1.67. The molecule has 0 spiro atoms. The van der Waals surface area contributed by atoms with Gasteiger partial charge in [0, 0.05) is 30.4 Å². The van der Waals surface area contributed by atoms with Gasteiger partial charge in [0.1, 0.15) is 12.4 Å². The monoisotopic (exact) mass is 486 g/mol. The first-order valence-electron chi connectivity index (χ1n) is 11.0. The minimum atomic E-state index is -1.09. The van der Waals surface area contributed by atoms with Crippen LogP contribution < -0.4 is 0 Å². The number of aromatic amines is 1. The van der Waals surface area contributed by atoms with Gasteiger partial charge in [-0.3, -0.25) is 0 Å². The Morgan fingerprint density at radius 2 is 2.13 bits per heavy atom. The van der Waals surface area contributed by atoms with Crippen molar-refractivity contribution < 1.29 is 4.74 Å². The number of aryl methyl sites for hydroxylation is 1. The number of fused-ring (bicyclic) bond motifs is 3. The molecular formula is C23H31BrN4OSi. The Kier molecular flexibility index (Phi) is 4.80. The SMILES string of the molecule is Cc1cc(Br)cc2[nH]c(-c3nn(COCC[Si](C)(C)C)c4c3C[C@@H]3C[C@]3(C)C4)nc12. The van der Waals surface area contributed by atoms with Crippen LogP contribution in [0.15, 0.2) is 16.6 Å². The molecule has 1 fully saturated rings. The molecule has 5 rings (SSSR count). The smallest absolute Gasteiger partial charge is 0.159 e. The zero-order chi connectivity index (χ0) is 21.3. The highest BCUT2D eigenvalue weighted by Gasteiger charge is 2.54. The van der Waals surface area contributed by atoms with E-state index in [-0.39, 0.29) is 0 Å². The zero-order valence-corrected chi connectivity index (χ0v) is 21.2. The third kappa shape index (κ3) is 3.69. The predicted octanol–water partition coefficient (Wildman–Crippen LogP) is 5.93. The van der Waals surface area contributed by atoms with E-state index in [9.17, 15) is 0 Å². The van der Waals surface area contributed by atoms with Crippen molar-refractivity contribution in [3.63, 3.8) is 0 Å². The number of aromatic nitrogens is 4. The lowest BCUT2D eigenvalue weighted by Gasteiger charge is -2.20. The third-order valence-corrected chi connectivity index (χ3v) is 9.06. The van der Waals surface area contributed by atoms with Crippen LogP contribution in [-0.4, -0.2) is 34.4 Å². The van der Waals surface area contributed by atoms with Gasteiger partial charge in [-0.25, -0.2) is 9.67 Å². The molecule has 0 saturated heterocycles. The van der Waals surface area contributed by atoms with Gasteiger partial charge in [-0.05, 0) is 61.3 Å².